The van der Waals surface area contributed by atoms with Gasteiger partial charge in [-0.25, -0.2) is 0 Å². The average molecular weight is 298 g/mol. The summed E-state index contributed by atoms with van der Waals surface area (Å²) in [6.07, 6.45) is 4.08. The van der Waals surface area contributed by atoms with Crippen LogP contribution in [0.3, 0.4) is 0 Å². The largest absolute Gasteiger partial charge is 0.496 e. The molecule has 0 amide bonds. The van der Waals surface area contributed by atoms with E-state index in [2.05, 4.69) is 33.0 Å². The molecule has 94 valence electrons. The Morgan fingerprint density at radius 2 is 2.12 bits per heavy atom. The number of halogens is 1. The Morgan fingerprint density at radius 1 is 1.35 bits per heavy atom. The minimum absolute atomic E-state index is 0.775. The molecule has 1 fully saturated rings. The molecule has 1 aromatic rings. The van der Waals surface area contributed by atoms with Crippen LogP contribution in [0.2, 0.25) is 0 Å². The molecule has 3 heteroatoms. The van der Waals surface area contributed by atoms with Crippen molar-refractivity contribution in [1.82, 2.24) is 4.90 Å². The number of rotatable bonds is 6. The first-order valence-corrected chi connectivity index (χ1v) is 7.39. The highest BCUT2D eigenvalue weighted by atomic mass is 79.9. The number of methoxy groups -OCH3 is 1. The van der Waals surface area contributed by atoms with Gasteiger partial charge in [0.1, 0.15) is 5.75 Å². The smallest absolute Gasteiger partial charge is 0.123 e. The van der Waals surface area contributed by atoms with Crippen LogP contribution in [-0.4, -0.2) is 29.9 Å². The summed E-state index contributed by atoms with van der Waals surface area (Å²) in [6.45, 7) is 2.11. The Morgan fingerprint density at radius 3 is 2.71 bits per heavy atom. The summed E-state index contributed by atoms with van der Waals surface area (Å²) >= 11 is 3.55. The van der Waals surface area contributed by atoms with E-state index in [1.165, 1.54) is 24.8 Å². The minimum Gasteiger partial charge on any atom is -0.496 e. The van der Waals surface area contributed by atoms with Gasteiger partial charge < -0.3 is 4.74 Å². The van der Waals surface area contributed by atoms with Crippen molar-refractivity contribution in [2.45, 2.75) is 31.8 Å². The first kappa shape index (κ1) is 12.9. The van der Waals surface area contributed by atoms with Crippen molar-refractivity contribution in [1.29, 1.82) is 0 Å². The van der Waals surface area contributed by atoms with Crippen molar-refractivity contribution in [2.75, 3.05) is 19.0 Å². The predicted octanol–water partition coefficient (Wildman–Crippen LogP) is 3.44. The van der Waals surface area contributed by atoms with Crippen molar-refractivity contribution in [3.05, 3.63) is 29.8 Å². The summed E-state index contributed by atoms with van der Waals surface area (Å²) in [6, 6.07) is 9.10. The third-order valence-corrected chi connectivity index (χ3v) is 3.88. The quantitative estimate of drug-likeness (QED) is 0.746. The van der Waals surface area contributed by atoms with E-state index in [1.807, 2.05) is 12.1 Å². The molecular formula is C14H20BrNO. The molecule has 1 saturated carbocycles. The van der Waals surface area contributed by atoms with Gasteiger partial charge in [0.25, 0.3) is 0 Å². The van der Waals surface area contributed by atoms with Crippen LogP contribution < -0.4 is 4.74 Å². The van der Waals surface area contributed by atoms with E-state index < -0.39 is 0 Å². The van der Waals surface area contributed by atoms with Crippen molar-refractivity contribution < 1.29 is 4.74 Å². The lowest BCUT2D eigenvalue weighted by atomic mass is 9.91. The van der Waals surface area contributed by atoms with Crippen LogP contribution in [0.25, 0.3) is 0 Å². The third kappa shape index (κ3) is 3.23. The lowest BCUT2D eigenvalue weighted by Crippen LogP contribution is -2.40. The van der Waals surface area contributed by atoms with Crippen LogP contribution in [0.1, 0.15) is 24.8 Å². The number of nitrogens with zero attached hydrogens (tertiary/aromatic N) is 1. The van der Waals surface area contributed by atoms with Crippen molar-refractivity contribution >= 4 is 15.9 Å². The maximum atomic E-state index is 5.42. The zero-order valence-electron chi connectivity index (χ0n) is 10.4. The minimum atomic E-state index is 0.775. The van der Waals surface area contributed by atoms with E-state index in [9.17, 15) is 0 Å². The number of para-hydroxylation sites is 1. The number of ether oxygens (including phenoxy) is 1. The van der Waals surface area contributed by atoms with Crippen LogP contribution in [0.5, 0.6) is 5.75 Å². The standard InChI is InChI=1S/C14H20BrNO/c1-17-14-8-3-2-5-12(14)11-16(10-9-15)13-6-4-7-13/h2-3,5,8,13H,4,6-7,9-11H2,1H3. The maximum absolute atomic E-state index is 5.42. The molecule has 0 spiro atoms. The van der Waals surface area contributed by atoms with Gasteiger partial charge in [-0.2, -0.15) is 0 Å². The van der Waals surface area contributed by atoms with Gasteiger partial charge in [0.15, 0.2) is 0 Å². The van der Waals surface area contributed by atoms with Crippen LogP contribution in [-0.2, 0) is 6.54 Å². The molecule has 0 radical (unpaired) electrons. The maximum Gasteiger partial charge on any atom is 0.123 e. The summed E-state index contributed by atoms with van der Waals surface area (Å²) in [5.74, 6) is 1.01. The van der Waals surface area contributed by atoms with Gasteiger partial charge in [-0.05, 0) is 18.9 Å². The van der Waals surface area contributed by atoms with Crippen LogP contribution >= 0.6 is 15.9 Å². The fourth-order valence-electron chi connectivity index (χ4n) is 2.30. The van der Waals surface area contributed by atoms with Crippen LogP contribution in [0.4, 0.5) is 0 Å². The fourth-order valence-corrected chi connectivity index (χ4v) is 2.76. The molecule has 0 aromatic heterocycles. The molecule has 1 aliphatic carbocycles. The molecule has 17 heavy (non-hydrogen) atoms. The van der Waals surface area contributed by atoms with Crippen molar-refractivity contribution in [3.8, 4) is 5.75 Å². The Balaban J connectivity index is 2.05. The van der Waals surface area contributed by atoms with Crippen molar-refractivity contribution in [3.63, 3.8) is 0 Å². The molecule has 0 saturated heterocycles. The number of hydrogen-bond donors (Lipinski definition) is 0. The monoisotopic (exact) mass is 297 g/mol. The van der Waals surface area contributed by atoms with Gasteiger partial charge in [0.05, 0.1) is 7.11 Å². The van der Waals surface area contributed by atoms with E-state index in [0.717, 1.165) is 30.2 Å². The molecular weight excluding hydrogens is 278 g/mol. The zero-order valence-corrected chi connectivity index (χ0v) is 11.9. The SMILES string of the molecule is COc1ccccc1CN(CCBr)C1CCC1. The second kappa shape index (κ2) is 6.41. The first-order chi connectivity index (χ1) is 8.35. The van der Waals surface area contributed by atoms with Crippen molar-refractivity contribution in [2.24, 2.45) is 0 Å². The molecule has 0 atom stereocenters. The molecule has 0 unspecified atom stereocenters. The normalized spacial score (nSPS) is 15.9. The Labute approximate surface area is 112 Å². The highest BCUT2D eigenvalue weighted by Crippen LogP contribution is 2.28. The first-order valence-electron chi connectivity index (χ1n) is 6.27. The van der Waals surface area contributed by atoms with Gasteiger partial charge in [0.2, 0.25) is 0 Å². The molecule has 1 aromatic carbocycles. The summed E-state index contributed by atoms with van der Waals surface area (Å²) in [5, 5.41) is 1.04. The van der Waals surface area contributed by atoms with E-state index in [1.54, 1.807) is 7.11 Å². The highest BCUT2D eigenvalue weighted by molar-refractivity contribution is 9.09. The Hall–Kier alpha value is -0.540. The Bertz CT molecular complexity index is 352. The highest BCUT2D eigenvalue weighted by Gasteiger charge is 2.24. The number of benzene rings is 1. The van der Waals surface area contributed by atoms with Gasteiger partial charge in [0, 0.05) is 30.0 Å². The van der Waals surface area contributed by atoms with E-state index in [-0.39, 0.29) is 0 Å². The predicted molar refractivity (Wildman–Crippen MR) is 74.8 cm³/mol. The van der Waals surface area contributed by atoms with Gasteiger partial charge in [-0.1, -0.05) is 40.5 Å². The summed E-state index contributed by atoms with van der Waals surface area (Å²) in [7, 11) is 1.75. The molecule has 1 aliphatic rings. The van der Waals surface area contributed by atoms with Gasteiger partial charge in [-0.15, -0.1) is 0 Å². The summed E-state index contributed by atoms with van der Waals surface area (Å²) in [5.41, 5.74) is 1.29. The lowest BCUT2D eigenvalue weighted by Gasteiger charge is -2.37. The van der Waals surface area contributed by atoms with Crippen LogP contribution in [0.15, 0.2) is 24.3 Å². The topological polar surface area (TPSA) is 12.5 Å². The zero-order chi connectivity index (χ0) is 12.1. The average Bonchev–Trinajstić information content (AvgIpc) is 2.28. The molecule has 0 aliphatic heterocycles. The number of alkyl halides is 1. The van der Waals surface area contributed by atoms with Gasteiger partial charge >= 0.3 is 0 Å². The summed E-state index contributed by atoms with van der Waals surface area (Å²) in [4.78, 5) is 2.57. The molecule has 0 heterocycles. The number of hydrogen-bond acceptors (Lipinski definition) is 2. The second-order valence-electron chi connectivity index (χ2n) is 4.56. The van der Waals surface area contributed by atoms with Crippen LogP contribution in [0, 0.1) is 0 Å². The molecule has 2 rings (SSSR count). The molecule has 0 bridgehead atoms. The molecule has 2 nitrogen and oxygen atoms in total. The lowest BCUT2D eigenvalue weighted by molar-refractivity contribution is 0.127. The fraction of sp³-hybridized carbons (Fsp3) is 0.571. The third-order valence-electron chi connectivity index (χ3n) is 3.53. The van der Waals surface area contributed by atoms with E-state index in [0.29, 0.717) is 0 Å². The van der Waals surface area contributed by atoms with Gasteiger partial charge in [-0.3, -0.25) is 4.90 Å². The molecule has 0 N–H and O–H groups in total. The van der Waals surface area contributed by atoms with E-state index >= 15 is 0 Å². The van der Waals surface area contributed by atoms with E-state index in [4.69, 9.17) is 4.74 Å². The Kier molecular flexibility index (Phi) is 4.86. The second-order valence-corrected chi connectivity index (χ2v) is 5.35. The summed E-state index contributed by atoms with van der Waals surface area (Å²) < 4.78 is 5.42.